The molecule has 3 amide bonds. The number of nitrogens with one attached hydrogen (secondary N) is 2. The van der Waals surface area contributed by atoms with E-state index in [0.29, 0.717) is 12.8 Å². The van der Waals surface area contributed by atoms with Crippen LogP contribution in [0.5, 0.6) is 0 Å². The van der Waals surface area contributed by atoms with Crippen LogP contribution in [0, 0.1) is 17.8 Å². The van der Waals surface area contributed by atoms with Gasteiger partial charge in [-0.15, -0.1) is 0 Å². The van der Waals surface area contributed by atoms with Crippen LogP contribution in [0.1, 0.15) is 66.7 Å². The summed E-state index contributed by atoms with van der Waals surface area (Å²) in [4.78, 5) is 41.9. The molecule has 3 fully saturated rings. The van der Waals surface area contributed by atoms with Gasteiger partial charge in [-0.05, 0) is 39.0 Å². The second-order valence-corrected chi connectivity index (χ2v) is 9.92. The maximum Gasteiger partial charge on any atom is 0.246 e. The molecule has 0 aromatic rings. The summed E-state index contributed by atoms with van der Waals surface area (Å²) in [5.41, 5.74) is -1.81. The number of carbonyl (C=O) groups excluding carboxylic acids is 3. The van der Waals surface area contributed by atoms with Gasteiger partial charge < -0.3 is 25.4 Å². The smallest absolute Gasteiger partial charge is 0.246 e. The van der Waals surface area contributed by atoms with E-state index in [0.717, 1.165) is 19.3 Å². The Morgan fingerprint density at radius 3 is 2.48 bits per heavy atom. The monoisotopic (exact) mass is 437 g/mol. The summed E-state index contributed by atoms with van der Waals surface area (Å²) >= 11 is 0. The van der Waals surface area contributed by atoms with Gasteiger partial charge in [0.05, 0.1) is 30.1 Å². The summed E-state index contributed by atoms with van der Waals surface area (Å²) < 4.78 is 6.53. The molecular weight excluding hydrogens is 398 g/mol. The third-order valence-electron chi connectivity index (χ3n) is 7.95. The van der Waals surface area contributed by atoms with E-state index in [1.807, 2.05) is 27.7 Å². The topological polar surface area (TPSA) is 108 Å². The Labute approximate surface area is 185 Å². The molecule has 0 aliphatic carbocycles. The van der Waals surface area contributed by atoms with Crippen LogP contribution in [-0.4, -0.2) is 70.7 Å². The molecule has 8 atom stereocenters. The van der Waals surface area contributed by atoms with E-state index < -0.39 is 35.1 Å². The second-order valence-electron chi connectivity index (χ2n) is 9.92. The Hall–Kier alpha value is -1.67. The fourth-order valence-electron chi connectivity index (χ4n) is 6.22. The van der Waals surface area contributed by atoms with Crippen molar-refractivity contribution in [3.05, 3.63) is 0 Å². The first-order valence-corrected chi connectivity index (χ1v) is 11.8. The zero-order valence-electron chi connectivity index (χ0n) is 19.7. The Kier molecular flexibility index (Phi) is 6.73. The van der Waals surface area contributed by atoms with Crippen LogP contribution < -0.4 is 10.6 Å². The number of amides is 3. The van der Waals surface area contributed by atoms with Crippen molar-refractivity contribution in [2.45, 2.75) is 96.1 Å². The van der Waals surface area contributed by atoms with E-state index in [4.69, 9.17) is 4.74 Å². The Bertz CT molecular complexity index is 730. The van der Waals surface area contributed by atoms with Crippen molar-refractivity contribution in [3.63, 3.8) is 0 Å². The number of aliphatic hydroxyl groups excluding tert-OH is 1. The van der Waals surface area contributed by atoms with E-state index in [1.165, 1.54) is 0 Å². The lowest BCUT2D eigenvalue weighted by molar-refractivity contribution is -0.151. The van der Waals surface area contributed by atoms with Crippen LogP contribution in [0.2, 0.25) is 0 Å². The van der Waals surface area contributed by atoms with Gasteiger partial charge in [0.1, 0.15) is 11.6 Å². The molecule has 176 valence electrons. The Balaban J connectivity index is 2.08. The molecule has 3 heterocycles. The highest BCUT2D eigenvalue weighted by molar-refractivity contribution is 5.99. The molecule has 3 aliphatic rings. The summed E-state index contributed by atoms with van der Waals surface area (Å²) in [5, 5.41) is 16.0. The predicted octanol–water partition coefficient (Wildman–Crippen LogP) is 1.21. The van der Waals surface area contributed by atoms with Gasteiger partial charge in [-0.1, -0.05) is 33.6 Å². The summed E-state index contributed by atoms with van der Waals surface area (Å²) in [7, 11) is 1.56. The van der Waals surface area contributed by atoms with Crippen molar-refractivity contribution in [3.8, 4) is 0 Å². The van der Waals surface area contributed by atoms with Crippen molar-refractivity contribution in [2.75, 3.05) is 13.7 Å². The van der Waals surface area contributed by atoms with Gasteiger partial charge in [-0.25, -0.2) is 0 Å². The van der Waals surface area contributed by atoms with E-state index >= 15 is 0 Å². The molecule has 8 nitrogen and oxygen atoms in total. The molecule has 3 rings (SSSR count). The van der Waals surface area contributed by atoms with Crippen LogP contribution in [0.15, 0.2) is 0 Å². The first-order valence-electron chi connectivity index (χ1n) is 11.8. The van der Waals surface area contributed by atoms with Gasteiger partial charge in [-0.2, -0.15) is 0 Å². The minimum Gasteiger partial charge on any atom is -0.394 e. The van der Waals surface area contributed by atoms with Crippen LogP contribution in [-0.2, 0) is 19.1 Å². The number of likely N-dealkylation sites (tertiary alicyclic amines) is 1. The lowest BCUT2D eigenvalue weighted by Crippen LogP contribution is -2.60. The summed E-state index contributed by atoms with van der Waals surface area (Å²) in [6, 6.07) is -1.40. The third kappa shape index (κ3) is 3.55. The molecule has 3 saturated heterocycles. The van der Waals surface area contributed by atoms with Crippen LogP contribution >= 0.6 is 0 Å². The van der Waals surface area contributed by atoms with Crippen molar-refractivity contribution in [2.24, 2.45) is 17.8 Å². The van der Waals surface area contributed by atoms with Crippen molar-refractivity contribution in [1.82, 2.24) is 15.5 Å². The third-order valence-corrected chi connectivity index (χ3v) is 7.95. The average Bonchev–Trinajstić information content (AvgIpc) is 3.29. The van der Waals surface area contributed by atoms with Crippen molar-refractivity contribution in [1.29, 1.82) is 0 Å². The number of hydrogen-bond donors (Lipinski definition) is 3. The number of nitrogens with zero attached hydrogens (tertiary/aromatic N) is 1. The van der Waals surface area contributed by atoms with Gasteiger partial charge in [-0.3, -0.25) is 14.4 Å². The highest BCUT2D eigenvalue weighted by atomic mass is 16.5. The van der Waals surface area contributed by atoms with Gasteiger partial charge in [0.15, 0.2) is 0 Å². The van der Waals surface area contributed by atoms with E-state index in [9.17, 15) is 19.5 Å². The molecule has 8 heteroatoms. The highest BCUT2D eigenvalue weighted by Gasteiger charge is 2.78. The van der Waals surface area contributed by atoms with Crippen molar-refractivity contribution < 1.29 is 24.2 Å². The zero-order valence-corrected chi connectivity index (χ0v) is 19.7. The van der Waals surface area contributed by atoms with Crippen LogP contribution in [0.3, 0.4) is 0 Å². The second kappa shape index (κ2) is 8.70. The fourth-order valence-corrected chi connectivity index (χ4v) is 6.22. The Morgan fingerprint density at radius 2 is 1.94 bits per heavy atom. The minimum atomic E-state index is -1.04. The lowest BCUT2D eigenvalue weighted by Gasteiger charge is -2.39. The number of carbonyl (C=O) groups is 3. The molecule has 3 unspecified atom stereocenters. The van der Waals surface area contributed by atoms with Gasteiger partial charge in [0, 0.05) is 13.1 Å². The largest absolute Gasteiger partial charge is 0.394 e. The molecule has 2 bridgehead atoms. The molecule has 31 heavy (non-hydrogen) atoms. The quantitative estimate of drug-likeness (QED) is 0.503. The van der Waals surface area contributed by atoms with Gasteiger partial charge >= 0.3 is 0 Å². The van der Waals surface area contributed by atoms with Gasteiger partial charge in [0.2, 0.25) is 17.7 Å². The molecule has 0 aromatic carbocycles. The molecule has 0 radical (unpaired) electrons. The number of fused-ring (bicyclic) bond motifs is 1. The number of ether oxygens (including phenoxy) is 1. The first-order chi connectivity index (χ1) is 14.6. The summed E-state index contributed by atoms with van der Waals surface area (Å²) in [6.07, 6.45) is 3.68. The molecule has 3 aliphatic heterocycles. The average molecular weight is 438 g/mol. The van der Waals surface area contributed by atoms with Crippen LogP contribution in [0.25, 0.3) is 0 Å². The van der Waals surface area contributed by atoms with E-state index in [-0.39, 0.29) is 36.3 Å². The molecule has 0 aromatic heterocycles. The molecule has 3 N–H and O–H groups in total. The maximum atomic E-state index is 13.9. The number of rotatable bonds is 9. The van der Waals surface area contributed by atoms with E-state index in [1.54, 1.807) is 11.9 Å². The van der Waals surface area contributed by atoms with Gasteiger partial charge in [0.25, 0.3) is 0 Å². The van der Waals surface area contributed by atoms with Crippen LogP contribution in [0.4, 0.5) is 0 Å². The van der Waals surface area contributed by atoms with Crippen molar-refractivity contribution >= 4 is 17.7 Å². The Morgan fingerprint density at radius 1 is 1.26 bits per heavy atom. The zero-order chi connectivity index (χ0) is 23.1. The number of aliphatic hydroxyl groups is 1. The number of hydrogen-bond acceptors (Lipinski definition) is 5. The molecule has 0 saturated carbocycles. The minimum absolute atomic E-state index is 0.00113. The fraction of sp³-hybridized carbons (Fsp3) is 0.870. The van der Waals surface area contributed by atoms with E-state index in [2.05, 4.69) is 17.6 Å². The summed E-state index contributed by atoms with van der Waals surface area (Å²) in [5.74, 6) is -2.10. The standard InChI is InChI=1S/C23H39N3O5/c1-7-9-14(4)25-20(29)18-23-11-10-22(5,31-23)16(19(28)24-6)17(23)21(30)26(18)15(12-27)13(3)8-2/h13-18,27H,7-12H2,1-6H3,(H,24,28)(H,25,29)/t13-,14?,15-,16-,17-,18?,22+,23?/m0/s1. The molecular formula is C23H39N3O5. The molecule has 1 spiro atoms. The summed E-state index contributed by atoms with van der Waals surface area (Å²) in [6.45, 7) is 9.64. The predicted molar refractivity (Wildman–Crippen MR) is 116 cm³/mol. The normalized spacial score (nSPS) is 36.8. The first kappa shape index (κ1) is 24.0. The highest BCUT2D eigenvalue weighted by Crippen LogP contribution is 2.63. The SMILES string of the molecule is CCCC(C)NC(=O)C1N([C@@H](CO)[C@@H](C)CC)C(=O)[C@@H]2[C@@H](C(=O)NC)[C@@]3(C)CCC12O3. The maximum absolute atomic E-state index is 13.9. The lowest BCUT2D eigenvalue weighted by atomic mass is 9.66.